The second-order valence-electron chi connectivity index (χ2n) is 4.12. The van der Waals surface area contributed by atoms with Crippen molar-refractivity contribution in [2.24, 2.45) is 5.73 Å². The molecule has 6 nitrogen and oxygen atoms in total. The van der Waals surface area contributed by atoms with Crippen LogP contribution in [0, 0.1) is 0 Å². The monoisotopic (exact) mass is 279 g/mol. The fourth-order valence-electron chi connectivity index (χ4n) is 1.76. The summed E-state index contributed by atoms with van der Waals surface area (Å²) in [5, 5.41) is -0.269. The molecule has 1 saturated heterocycles. The number of thioether (sulfide) groups is 1. The van der Waals surface area contributed by atoms with E-state index in [1.807, 2.05) is 0 Å². The van der Waals surface area contributed by atoms with Crippen molar-refractivity contribution in [1.82, 2.24) is 4.90 Å². The molecule has 0 aliphatic carbocycles. The normalized spacial score (nSPS) is 15.7. The Morgan fingerprint density at radius 2 is 2.11 bits per heavy atom. The van der Waals surface area contributed by atoms with E-state index in [9.17, 15) is 14.4 Å². The van der Waals surface area contributed by atoms with Crippen LogP contribution in [-0.4, -0.2) is 27.7 Å². The number of nitrogen functional groups attached to an aromatic ring is 1. The van der Waals surface area contributed by atoms with Gasteiger partial charge in [-0.05, 0) is 17.7 Å². The smallest absolute Gasteiger partial charge is 0.288 e. The number of nitrogens with zero attached hydrogens (tertiary/aromatic N) is 1. The first-order valence-electron chi connectivity index (χ1n) is 5.64. The molecule has 0 radical (unpaired) electrons. The lowest BCUT2D eigenvalue weighted by molar-refractivity contribution is -0.128. The highest BCUT2D eigenvalue weighted by Crippen LogP contribution is 2.23. The molecule has 1 aromatic carbocycles. The molecular formula is C12H13N3O3S. The summed E-state index contributed by atoms with van der Waals surface area (Å²) >= 11 is 1.11. The summed E-state index contributed by atoms with van der Waals surface area (Å²) in [5.41, 5.74) is 12.2. The molecule has 1 aliphatic heterocycles. The van der Waals surface area contributed by atoms with Crippen LogP contribution in [0.1, 0.15) is 22.3 Å². The highest BCUT2D eigenvalue weighted by Gasteiger charge is 2.27. The number of nitrogens with two attached hydrogens (primary N) is 2. The Bertz CT molecular complexity index is 543. The van der Waals surface area contributed by atoms with E-state index in [0.29, 0.717) is 29.0 Å². The molecule has 1 aromatic rings. The average Bonchev–Trinajstić information content (AvgIpc) is 2.35. The molecule has 3 amide bonds. The SMILES string of the molecule is NC(=O)c1ccc(CN2C(=O)CCSC2=O)c(N)c1. The van der Waals surface area contributed by atoms with Crippen LogP contribution in [0.5, 0.6) is 0 Å². The largest absolute Gasteiger partial charge is 0.398 e. The summed E-state index contributed by atoms with van der Waals surface area (Å²) in [6.45, 7) is 0.121. The van der Waals surface area contributed by atoms with Crippen LogP contribution in [-0.2, 0) is 11.3 Å². The van der Waals surface area contributed by atoms with E-state index < -0.39 is 5.91 Å². The summed E-state index contributed by atoms with van der Waals surface area (Å²) in [6.07, 6.45) is 0.343. The quantitative estimate of drug-likeness (QED) is 0.801. The van der Waals surface area contributed by atoms with Crippen molar-refractivity contribution in [1.29, 1.82) is 0 Å². The van der Waals surface area contributed by atoms with Crippen molar-refractivity contribution in [2.45, 2.75) is 13.0 Å². The summed E-state index contributed by atoms with van der Waals surface area (Å²) in [6, 6.07) is 4.58. The predicted octanol–water partition coefficient (Wildman–Crippen LogP) is 0.953. The molecule has 1 heterocycles. The van der Waals surface area contributed by atoms with Crippen LogP contribution >= 0.6 is 11.8 Å². The van der Waals surface area contributed by atoms with Gasteiger partial charge in [0.1, 0.15) is 0 Å². The molecule has 1 fully saturated rings. The minimum absolute atomic E-state index is 0.121. The fraction of sp³-hybridized carbons (Fsp3) is 0.250. The van der Waals surface area contributed by atoms with Crippen molar-refractivity contribution in [2.75, 3.05) is 11.5 Å². The number of hydrogen-bond donors (Lipinski definition) is 2. The number of carbonyl (C=O) groups is 3. The van der Waals surface area contributed by atoms with Crippen LogP contribution in [0.4, 0.5) is 10.5 Å². The molecule has 2 rings (SSSR count). The Labute approximate surface area is 114 Å². The second-order valence-corrected chi connectivity index (χ2v) is 5.17. The Balaban J connectivity index is 2.21. The summed E-state index contributed by atoms with van der Waals surface area (Å²) in [7, 11) is 0. The second kappa shape index (κ2) is 5.31. The first-order chi connectivity index (χ1) is 8.99. The van der Waals surface area contributed by atoms with Gasteiger partial charge < -0.3 is 11.5 Å². The third kappa shape index (κ3) is 2.87. The van der Waals surface area contributed by atoms with Gasteiger partial charge in [-0.3, -0.25) is 19.3 Å². The van der Waals surface area contributed by atoms with Gasteiger partial charge in [0, 0.05) is 23.4 Å². The van der Waals surface area contributed by atoms with Gasteiger partial charge in [0.15, 0.2) is 0 Å². The molecule has 1 aliphatic rings. The molecule has 0 aromatic heterocycles. The molecule has 0 saturated carbocycles. The maximum absolute atomic E-state index is 11.7. The first kappa shape index (κ1) is 13.4. The van der Waals surface area contributed by atoms with Gasteiger partial charge in [0.05, 0.1) is 6.54 Å². The minimum Gasteiger partial charge on any atom is -0.398 e. The highest BCUT2D eigenvalue weighted by molar-refractivity contribution is 8.13. The number of amides is 3. The van der Waals surface area contributed by atoms with Crippen LogP contribution in [0.25, 0.3) is 0 Å². The van der Waals surface area contributed by atoms with E-state index >= 15 is 0 Å². The zero-order chi connectivity index (χ0) is 14.0. The van der Waals surface area contributed by atoms with Crippen molar-refractivity contribution >= 4 is 34.5 Å². The van der Waals surface area contributed by atoms with Crippen LogP contribution in [0.3, 0.4) is 0 Å². The lowest BCUT2D eigenvalue weighted by atomic mass is 10.1. The lowest BCUT2D eigenvalue weighted by Gasteiger charge is -2.24. The number of benzene rings is 1. The predicted molar refractivity (Wildman–Crippen MR) is 72.4 cm³/mol. The van der Waals surface area contributed by atoms with Crippen LogP contribution in [0.2, 0.25) is 0 Å². The third-order valence-electron chi connectivity index (χ3n) is 2.82. The van der Waals surface area contributed by atoms with Gasteiger partial charge in [-0.25, -0.2) is 0 Å². The first-order valence-corrected chi connectivity index (χ1v) is 6.63. The Kier molecular flexibility index (Phi) is 3.75. The number of imide groups is 1. The van der Waals surface area contributed by atoms with E-state index in [0.717, 1.165) is 11.8 Å². The van der Waals surface area contributed by atoms with E-state index in [1.165, 1.54) is 17.0 Å². The van der Waals surface area contributed by atoms with Gasteiger partial charge >= 0.3 is 0 Å². The van der Waals surface area contributed by atoms with Crippen molar-refractivity contribution in [3.05, 3.63) is 29.3 Å². The maximum atomic E-state index is 11.7. The standard InChI is InChI=1S/C12H13N3O3S/c13-9-5-7(11(14)17)1-2-8(9)6-15-10(16)3-4-19-12(15)18/h1-2,5H,3-4,6,13H2,(H2,14,17). The minimum atomic E-state index is -0.570. The summed E-state index contributed by atoms with van der Waals surface area (Å²) in [4.78, 5) is 35.5. The van der Waals surface area contributed by atoms with E-state index in [2.05, 4.69) is 0 Å². The van der Waals surface area contributed by atoms with Gasteiger partial charge in [0.2, 0.25) is 11.8 Å². The molecule has 0 bridgehead atoms. The maximum Gasteiger partial charge on any atom is 0.288 e. The van der Waals surface area contributed by atoms with Crippen molar-refractivity contribution in [3.8, 4) is 0 Å². The van der Waals surface area contributed by atoms with Gasteiger partial charge in [-0.2, -0.15) is 0 Å². The van der Waals surface area contributed by atoms with Gasteiger partial charge in [-0.1, -0.05) is 17.8 Å². The number of rotatable bonds is 3. The Hall–Kier alpha value is -2.02. The van der Waals surface area contributed by atoms with Crippen molar-refractivity contribution in [3.63, 3.8) is 0 Å². The Morgan fingerprint density at radius 1 is 1.37 bits per heavy atom. The van der Waals surface area contributed by atoms with E-state index in [4.69, 9.17) is 11.5 Å². The molecule has 0 unspecified atom stereocenters. The van der Waals surface area contributed by atoms with E-state index in [-0.39, 0.29) is 17.7 Å². The van der Waals surface area contributed by atoms with Gasteiger partial charge in [-0.15, -0.1) is 0 Å². The number of hydrogen-bond acceptors (Lipinski definition) is 5. The van der Waals surface area contributed by atoms with Crippen LogP contribution in [0.15, 0.2) is 18.2 Å². The molecule has 19 heavy (non-hydrogen) atoms. The average molecular weight is 279 g/mol. The molecular weight excluding hydrogens is 266 g/mol. The zero-order valence-corrected chi connectivity index (χ0v) is 10.9. The number of primary amides is 1. The highest BCUT2D eigenvalue weighted by atomic mass is 32.2. The molecule has 100 valence electrons. The van der Waals surface area contributed by atoms with Crippen molar-refractivity contribution < 1.29 is 14.4 Å². The third-order valence-corrected chi connectivity index (χ3v) is 3.70. The zero-order valence-electron chi connectivity index (χ0n) is 10.1. The summed E-state index contributed by atoms with van der Waals surface area (Å²) in [5.74, 6) is -0.259. The fourth-order valence-corrected chi connectivity index (χ4v) is 2.53. The molecule has 0 spiro atoms. The van der Waals surface area contributed by atoms with Crippen LogP contribution < -0.4 is 11.5 Å². The van der Waals surface area contributed by atoms with E-state index in [1.54, 1.807) is 6.07 Å². The molecule has 4 N–H and O–H groups in total. The topological polar surface area (TPSA) is 106 Å². The number of anilines is 1. The lowest BCUT2D eigenvalue weighted by Crippen LogP contribution is -2.37. The molecule has 7 heteroatoms. The summed E-state index contributed by atoms with van der Waals surface area (Å²) < 4.78 is 0. The molecule has 0 atom stereocenters. The van der Waals surface area contributed by atoms with Gasteiger partial charge in [0.25, 0.3) is 5.24 Å². The number of carbonyl (C=O) groups excluding carboxylic acids is 3. The Morgan fingerprint density at radius 3 is 2.68 bits per heavy atom.